The highest BCUT2D eigenvalue weighted by Gasteiger charge is 2.15. The average molecular weight is 517 g/mol. The number of benzene rings is 2. The SMILES string of the molecule is CC.CN1NCCc2cc(-c3ccnc(F)c3)ccc21.CN1NCCc2ccc(-c3ccnc(F)c3)cc21. The van der Waals surface area contributed by atoms with Gasteiger partial charge in [0.05, 0.1) is 11.4 Å². The molecule has 0 bridgehead atoms. The molecule has 38 heavy (non-hydrogen) atoms. The minimum Gasteiger partial charge on any atom is -0.311 e. The standard InChI is InChI=1S/2C14H14FN3.C2H6/c1-18-13-3-2-10(8-12(13)5-7-17-18)11-4-6-16-14(15)9-11;1-18-13-8-11(3-2-10(13)5-7-17-18)12-4-6-16-14(15)9-12;1-2/h2*2-4,6,8-9,17H,5,7H2,1H3;1-2H3. The van der Waals surface area contributed by atoms with E-state index in [1.165, 1.54) is 41.3 Å². The summed E-state index contributed by atoms with van der Waals surface area (Å²) in [5.41, 5.74) is 15.2. The van der Waals surface area contributed by atoms with E-state index < -0.39 is 11.9 Å². The molecule has 8 heteroatoms. The van der Waals surface area contributed by atoms with Gasteiger partial charge in [0.1, 0.15) is 0 Å². The third-order valence-electron chi connectivity index (χ3n) is 6.49. The number of rotatable bonds is 2. The lowest BCUT2D eigenvalue weighted by Gasteiger charge is -2.28. The highest BCUT2D eigenvalue weighted by molar-refractivity contribution is 5.71. The molecule has 2 aromatic heterocycles. The molecule has 0 spiro atoms. The fourth-order valence-corrected chi connectivity index (χ4v) is 4.61. The molecular formula is C30H34F2N6. The van der Waals surface area contributed by atoms with Gasteiger partial charge < -0.3 is 10.0 Å². The lowest BCUT2D eigenvalue weighted by Crippen LogP contribution is -2.40. The predicted molar refractivity (Wildman–Crippen MR) is 151 cm³/mol. The van der Waals surface area contributed by atoms with Crippen molar-refractivity contribution in [1.82, 2.24) is 20.8 Å². The zero-order valence-electron chi connectivity index (χ0n) is 22.3. The Labute approximate surface area is 223 Å². The summed E-state index contributed by atoms with van der Waals surface area (Å²) < 4.78 is 26.3. The van der Waals surface area contributed by atoms with Crippen LogP contribution < -0.4 is 20.9 Å². The zero-order chi connectivity index (χ0) is 27.1. The number of pyridine rings is 2. The average Bonchev–Trinajstić information content (AvgIpc) is 2.95. The maximum atomic E-state index is 13.1. The topological polar surface area (TPSA) is 56.3 Å². The van der Waals surface area contributed by atoms with E-state index in [4.69, 9.17) is 0 Å². The number of aromatic nitrogens is 2. The van der Waals surface area contributed by atoms with Crippen LogP contribution in [-0.2, 0) is 12.8 Å². The number of nitrogens with one attached hydrogen (secondary N) is 2. The third-order valence-corrected chi connectivity index (χ3v) is 6.49. The molecule has 198 valence electrons. The van der Waals surface area contributed by atoms with Crippen molar-refractivity contribution in [1.29, 1.82) is 0 Å². The molecule has 4 aromatic rings. The van der Waals surface area contributed by atoms with Crippen molar-refractivity contribution in [3.05, 3.63) is 96.1 Å². The molecule has 2 aliphatic heterocycles. The van der Waals surface area contributed by atoms with E-state index in [0.29, 0.717) is 0 Å². The van der Waals surface area contributed by atoms with Crippen LogP contribution >= 0.6 is 0 Å². The fourth-order valence-electron chi connectivity index (χ4n) is 4.61. The molecule has 0 aliphatic carbocycles. The van der Waals surface area contributed by atoms with E-state index in [2.05, 4.69) is 45.1 Å². The summed E-state index contributed by atoms with van der Waals surface area (Å²) in [6.07, 6.45) is 5.00. The van der Waals surface area contributed by atoms with Gasteiger partial charge in [0.25, 0.3) is 0 Å². The van der Waals surface area contributed by atoms with E-state index in [-0.39, 0.29) is 0 Å². The molecule has 2 aromatic carbocycles. The van der Waals surface area contributed by atoms with E-state index in [0.717, 1.165) is 53.9 Å². The summed E-state index contributed by atoms with van der Waals surface area (Å²) in [6.45, 7) is 5.88. The molecular weight excluding hydrogens is 482 g/mol. The molecule has 0 saturated heterocycles. The Bertz CT molecular complexity index is 1380. The summed E-state index contributed by atoms with van der Waals surface area (Å²) in [7, 11) is 4.00. The molecule has 6 rings (SSSR count). The molecule has 4 heterocycles. The molecule has 6 nitrogen and oxygen atoms in total. The Morgan fingerprint density at radius 3 is 1.71 bits per heavy atom. The van der Waals surface area contributed by atoms with Gasteiger partial charge in [0, 0.05) is 51.7 Å². The minimum atomic E-state index is -0.447. The summed E-state index contributed by atoms with van der Waals surface area (Å²) in [4.78, 5) is 7.16. The predicted octanol–water partition coefficient (Wildman–Crippen LogP) is 5.80. The van der Waals surface area contributed by atoms with Gasteiger partial charge in [0.2, 0.25) is 11.9 Å². The highest BCUT2D eigenvalue weighted by atomic mass is 19.1. The molecule has 0 fully saturated rings. The van der Waals surface area contributed by atoms with Crippen LogP contribution in [0.1, 0.15) is 25.0 Å². The first-order chi connectivity index (χ1) is 18.5. The first-order valence-electron chi connectivity index (χ1n) is 12.9. The summed E-state index contributed by atoms with van der Waals surface area (Å²) in [5.74, 6) is -0.888. The molecule has 0 amide bonds. The molecule has 0 unspecified atom stereocenters. The molecule has 2 N–H and O–H groups in total. The van der Waals surface area contributed by atoms with Crippen LogP contribution in [0.5, 0.6) is 0 Å². The van der Waals surface area contributed by atoms with Crippen LogP contribution in [0, 0.1) is 11.9 Å². The van der Waals surface area contributed by atoms with Crippen LogP contribution in [0.3, 0.4) is 0 Å². The van der Waals surface area contributed by atoms with Gasteiger partial charge >= 0.3 is 0 Å². The molecule has 2 aliphatic rings. The zero-order valence-corrected chi connectivity index (χ0v) is 22.3. The summed E-state index contributed by atoms with van der Waals surface area (Å²) >= 11 is 0. The van der Waals surface area contributed by atoms with Crippen molar-refractivity contribution < 1.29 is 8.78 Å². The Morgan fingerprint density at radius 2 is 1.11 bits per heavy atom. The molecule has 0 radical (unpaired) electrons. The first kappa shape index (κ1) is 27.2. The Hall–Kier alpha value is -3.88. The summed E-state index contributed by atoms with van der Waals surface area (Å²) in [5, 5.41) is 4.04. The van der Waals surface area contributed by atoms with Gasteiger partial charge in [0.15, 0.2) is 0 Å². The maximum Gasteiger partial charge on any atom is 0.213 e. The fraction of sp³-hybridized carbons (Fsp3) is 0.267. The minimum absolute atomic E-state index is 0.441. The second-order valence-corrected chi connectivity index (χ2v) is 8.86. The van der Waals surface area contributed by atoms with E-state index in [1.807, 2.05) is 62.2 Å². The molecule has 0 atom stereocenters. The van der Waals surface area contributed by atoms with Gasteiger partial charge in [-0.2, -0.15) is 8.78 Å². The number of hydrogen-bond acceptors (Lipinski definition) is 6. The van der Waals surface area contributed by atoms with Gasteiger partial charge in [-0.15, -0.1) is 0 Å². The lowest BCUT2D eigenvalue weighted by atomic mass is 10.00. The van der Waals surface area contributed by atoms with Crippen molar-refractivity contribution in [3.8, 4) is 22.3 Å². The van der Waals surface area contributed by atoms with Crippen molar-refractivity contribution in [2.75, 3.05) is 37.2 Å². The Kier molecular flexibility index (Phi) is 8.99. The van der Waals surface area contributed by atoms with Gasteiger partial charge in [-0.3, -0.25) is 0 Å². The van der Waals surface area contributed by atoms with E-state index in [9.17, 15) is 8.78 Å². The van der Waals surface area contributed by atoms with Crippen LogP contribution in [0.4, 0.5) is 20.2 Å². The number of hydrogen-bond donors (Lipinski definition) is 2. The second-order valence-electron chi connectivity index (χ2n) is 8.86. The largest absolute Gasteiger partial charge is 0.311 e. The maximum absolute atomic E-state index is 13.1. The van der Waals surface area contributed by atoms with Gasteiger partial charge in [-0.1, -0.05) is 32.0 Å². The van der Waals surface area contributed by atoms with Crippen LogP contribution in [-0.4, -0.2) is 37.2 Å². The van der Waals surface area contributed by atoms with Crippen LogP contribution in [0.25, 0.3) is 22.3 Å². The lowest BCUT2D eigenvalue weighted by molar-refractivity contribution is 0.584. The summed E-state index contributed by atoms with van der Waals surface area (Å²) in [6, 6.07) is 19.0. The van der Waals surface area contributed by atoms with Crippen molar-refractivity contribution in [2.45, 2.75) is 26.7 Å². The van der Waals surface area contributed by atoms with Crippen molar-refractivity contribution >= 4 is 11.4 Å². The number of fused-ring (bicyclic) bond motifs is 2. The first-order valence-corrected chi connectivity index (χ1v) is 12.9. The number of hydrazine groups is 2. The third kappa shape index (κ3) is 6.33. The Morgan fingerprint density at radius 1 is 0.605 bits per heavy atom. The second kappa shape index (κ2) is 12.6. The highest BCUT2D eigenvalue weighted by Crippen LogP contribution is 2.30. The smallest absolute Gasteiger partial charge is 0.213 e. The number of nitrogens with zero attached hydrogens (tertiary/aromatic N) is 4. The number of anilines is 2. The number of halogens is 2. The van der Waals surface area contributed by atoms with Gasteiger partial charge in [-0.05, 0) is 76.6 Å². The Balaban J connectivity index is 0.000000166. The normalized spacial score (nSPS) is 13.8. The van der Waals surface area contributed by atoms with Crippen molar-refractivity contribution in [2.24, 2.45) is 0 Å². The molecule has 0 saturated carbocycles. The van der Waals surface area contributed by atoms with E-state index in [1.54, 1.807) is 0 Å². The monoisotopic (exact) mass is 516 g/mol. The van der Waals surface area contributed by atoms with Crippen LogP contribution in [0.2, 0.25) is 0 Å². The van der Waals surface area contributed by atoms with Crippen molar-refractivity contribution in [3.63, 3.8) is 0 Å². The van der Waals surface area contributed by atoms with Crippen LogP contribution in [0.15, 0.2) is 73.1 Å². The van der Waals surface area contributed by atoms with E-state index >= 15 is 0 Å². The quantitative estimate of drug-likeness (QED) is 0.329. The van der Waals surface area contributed by atoms with Gasteiger partial charge in [-0.25, -0.2) is 20.8 Å².